The van der Waals surface area contributed by atoms with Gasteiger partial charge in [0.1, 0.15) is 10.6 Å². The van der Waals surface area contributed by atoms with Crippen LogP contribution in [0.4, 0.5) is 5.69 Å². The van der Waals surface area contributed by atoms with Gasteiger partial charge < -0.3 is 4.18 Å². The van der Waals surface area contributed by atoms with E-state index >= 15 is 0 Å². The monoisotopic (exact) mass is 399 g/mol. The topological polar surface area (TPSA) is 55.7 Å². The van der Waals surface area contributed by atoms with E-state index in [1.54, 1.807) is 42.6 Å². The molecule has 0 saturated heterocycles. The van der Waals surface area contributed by atoms with Gasteiger partial charge in [-0.05, 0) is 61.4 Å². The fourth-order valence-electron chi connectivity index (χ4n) is 2.41. The van der Waals surface area contributed by atoms with Crippen molar-refractivity contribution in [2.75, 3.05) is 0 Å². The molecule has 0 atom stereocenters. The van der Waals surface area contributed by atoms with E-state index in [4.69, 9.17) is 15.8 Å². The molecule has 0 aromatic heterocycles. The lowest BCUT2D eigenvalue weighted by Gasteiger charge is -2.08. The minimum atomic E-state index is -3.89. The molecule has 3 aromatic rings. The van der Waals surface area contributed by atoms with Crippen molar-refractivity contribution in [3.8, 4) is 5.75 Å². The van der Waals surface area contributed by atoms with Crippen LogP contribution in [0.1, 0.15) is 16.7 Å². The minimum Gasteiger partial charge on any atom is -0.379 e. The first-order valence-electron chi connectivity index (χ1n) is 8.25. The summed E-state index contributed by atoms with van der Waals surface area (Å²) in [5, 5.41) is 0.644. The lowest BCUT2D eigenvalue weighted by Crippen LogP contribution is -2.09. The average Bonchev–Trinajstić information content (AvgIpc) is 2.63. The Kier molecular flexibility index (Phi) is 5.63. The van der Waals surface area contributed by atoms with Crippen molar-refractivity contribution in [2.45, 2.75) is 18.7 Å². The van der Waals surface area contributed by atoms with Crippen LogP contribution in [0.2, 0.25) is 5.02 Å². The SMILES string of the molecule is Cc1ccc(S(=O)(=O)Oc2cccc(C=Nc3cccc(Cl)c3C)c2)cc1. The van der Waals surface area contributed by atoms with Crippen LogP contribution in [-0.2, 0) is 10.1 Å². The van der Waals surface area contributed by atoms with Gasteiger partial charge in [0.25, 0.3) is 0 Å². The minimum absolute atomic E-state index is 0.113. The molecule has 0 amide bonds. The molecule has 6 heteroatoms. The fourth-order valence-corrected chi connectivity index (χ4v) is 3.50. The predicted octanol–water partition coefficient (Wildman–Crippen LogP) is 5.48. The van der Waals surface area contributed by atoms with Crippen molar-refractivity contribution in [2.24, 2.45) is 4.99 Å². The summed E-state index contributed by atoms with van der Waals surface area (Å²) in [4.78, 5) is 4.54. The third-order valence-corrected chi connectivity index (χ3v) is 5.64. The van der Waals surface area contributed by atoms with Gasteiger partial charge in [0.2, 0.25) is 0 Å². The second-order valence-corrected chi connectivity index (χ2v) is 8.02. The van der Waals surface area contributed by atoms with Gasteiger partial charge in [0.05, 0.1) is 5.69 Å². The Morgan fingerprint density at radius 2 is 1.67 bits per heavy atom. The van der Waals surface area contributed by atoms with Gasteiger partial charge in [0.15, 0.2) is 0 Å². The van der Waals surface area contributed by atoms with E-state index in [-0.39, 0.29) is 10.6 Å². The summed E-state index contributed by atoms with van der Waals surface area (Å²) in [6.45, 7) is 3.78. The van der Waals surface area contributed by atoms with Gasteiger partial charge in [-0.3, -0.25) is 4.99 Å². The summed E-state index contributed by atoms with van der Waals surface area (Å²) in [5.41, 5.74) is 3.32. The number of aliphatic imine (C=N–C) groups is 1. The van der Waals surface area contributed by atoms with Crippen molar-refractivity contribution >= 4 is 33.6 Å². The van der Waals surface area contributed by atoms with Crippen molar-refractivity contribution in [3.05, 3.63) is 88.4 Å². The van der Waals surface area contributed by atoms with Crippen molar-refractivity contribution in [1.29, 1.82) is 0 Å². The van der Waals surface area contributed by atoms with Crippen LogP contribution in [0, 0.1) is 13.8 Å². The molecule has 0 radical (unpaired) electrons. The zero-order valence-corrected chi connectivity index (χ0v) is 16.5. The Labute approximate surface area is 164 Å². The number of hydrogen-bond donors (Lipinski definition) is 0. The van der Waals surface area contributed by atoms with E-state index in [1.165, 1.54) is 12.1 Å². The molecule has 0 bridgehead atoms. The Bertz CT molecular complexity index is 1090. The van der Waals surface area contributed by atoms with Crippen LogP contribution in [0.5, 0.6) is 5.75 Å². The number of nitrogens with zero attached hydrogens (tertiary/aromatic N) is 1. The maximum atomic E-state index is 12.4. The molecule has 0 fully saturated rings. The van der Waals surface area contributed by atoms with Gasteiger partial charge in [-0.2, -0.15) is 8.42 Å². The molecule has 0 aliphatic heterocycles. The molecule has 0 aliphatic carbocycles. The predicted molar refractivity (Wildman–Crippen MR) is 109 cm³/mol. The zero-order valence-electron chi connectivity index (χ0n) is 14.9. The summed E-state index contributed by atoms with van der Waals surface area (Å²) < 4.78 is 30.1. The summed E-state index contributed by atoms with van der Waals surface area (Å²) in [7, 11) is -3.89. The highest BCUT2D eigenvalue weighted by atomic mass is 35.5. The van der Waals surface area contributed by atoms with Crippen molar-refractivity contribution < 1.29 is 12.6 Å². The number of aryl methyl sites for hydroxylation is 1. The molecule has 27 heavy (non-hydrogen) atoms. The number of rotatable bonds is 5. The van der Waals surface area contributed by atoms with Crippen LogP contribution in [0.25, 0.3) is 0 Å². The Hall–Kier alpha value is -2.63. The van der Waals surface area contributed by atoms with Crippen LogP contribution in [-0.4, -0.2) is 14.6 Å². The van der Waals surface area contributed by atoms with Crippen molar-refractivity contribution in [3.63, 3.8) is 0 Å². The van der Waals surface area contributed by atoms with Crippen LogP contribution in [0.15, 0.2) is 76.6 Å². The van der Waals surface area contributed by atoms with E-state index in [0.29, 0.717) is 10.6 Å². The maximum absolute atomic E-state index is 12.4. The van der Waals surface area contributed by atoms with E-state index in [1.807, 2.05) is 32.0 Å². The van der Waals surface area contributed by atoms with Crippen LogP contribution in [0.3, 0.4) is 0 Å². The summed E-state index contributed by atoms with van der Waals surface area (Å²) in [6, 6.07) is 18.7. The highest BCUT2D eigenvalue weighted by Crippen LogP contribution is 2.26. The first kappa shape index (κ1) is 19.1. The molecule has 3 rings (SSSR count). The molecule has 0 unspecified atom stereocenters. The normalized spacial score (nSPS) is 11.7. The Balaban J connectivity index is 1.82. The summed E-state index contributed by atoms with van der Waals surface area (Å²) >= 11 is 6.10. The quantitative estimate of drug-likeness (QED) is 0.422. The third-order valence-electron chi connectivity index (χ3n) is 3.97. The Morgan fingerprint density at radius 3 is 2.41 bits per heavy atom. The smallest absolute Gasteiger partial charge is 0.339 e. The first-order valence-corrected chi connectivity index (χ1v) is 10.0. The van der Waals surface area contributed by atoms with Crippen LogP contribution < -0.4 is 4.18 Å². The zero-order chi connectivity index (χ0) is 19.4. The number of benzene rings is 3. The number of halogens is 1. The van der Waals surface area contributed by atoms with E-state index in [9.17, 15) is 8.42 Å². The molecule has 0 heterocycles. The molecular formula is C21H18ClNO3S. The van der Waals surface area contributed by atoms with Gasteiger partial charge >= 0.3 is 10.1 Å². The highest BCUT2D eigenvalue weighted by molar-refractivity contribution is 7.87. The molecule has 0 aliphatic rings. The van der Waals surface area contributed by atoms with E-state index in [2.05, 4.69) is 4.99 Å². The average molecular weight is 400 g/mol. The fraction of sp³-hybridized carbons (Fsp3) is 0.0952. The molecule has 0 N–H and O–H groups in total. The van der Waals surface area contributed by atoms with Gasteiger partial charge in [-0.25, -0.2) is 0 Å². The second-order valence-electron chi connectivity index (χ2n) is 6.07. The first-order chi connectivity index (χ1) is 12.8. The highest BCUT2D eigenvalue weighted by Gasteiger charge is 2.16. The standard InChI is InChI=1S/C21H18ClNO3S/c1-15-9-11-19(12-10-15)27(24,25)26-18-6-3-5-17(13-18)14-23-21-8-4-7-20(22)16(21)2/h3-14H,1-2H3. The molecule has 0 saturated carbocycles. The van der Waals surface area contributed by atoms with Gasteiger partial charge in [0, 0.05) is 11.2 Å². The second kappa shape index (κ2) is 7.94. The van der Waals surface area contributed by atoms with E-state index < -0.39 is 10.1 Å². The van der Waals surface area contributed by atoms with Gasteiger partial charge in [-0.1, -0.05) is 47.5 Å². The maximum Gasteiger partial charge on any atom is 0.339 e. The van der Waals surface area contributed by atoms with Gasteiger partial charge in [-0.15, -0.1) is 0 Å². The molecule has 138 valence electrons. The Morgan fingerprint density at radius 1 is 0.963 bits per heavy atom. The summed E-state index contributed by atoms with van der Waals surface area (Å²) in [5.74, 6) is 0.224. The molecule has 4 nitrogen and oxygen atoms in total. The summed E-state index contributed by atoms with van der Waals surface area (Å²) in [6.07, 6.45) is 1.64. The van der Waals surface area contributed by atoms with Crippen LogP contribution >= 0.6 is 11.6 Å². The number of hydrogen-bond acceptors (Lipinski definition) is 4. The lowest BCUT2D eigenvalue weighted by atomic mass is 10.2. The van der Waals surface area contributed by atoms with Crippen molar-refractivity contribution in [1.82, 2.24) is 0 Å². The third kappa shape index (κ3) is 4.76. The molecule has 0 spiro atoms. The van der Waals surface area contributed by atoms with E-state index in [0.717, 1.165) is 16.8 Å². The molecule has 3 aromatic carbocycles. The largest absolute Gasteiger partial charge is 0.379 e. The molecular weight excluding hydrogens is 382 g/mol. The lowest BCUT2D eigenvalue weighted by molar-refractivity contribution is 0.486.